The van der Waals surface area contributed by atoms with E-state index in [9.17, 15) is 9.90 Å². The lowest BCUT2D eigenvalue weighted by Crippen LogP contribution is -2.36. The van der Waals surface area contributed by atoms with E-state index in [1.165, 1.54) is 0 Å². The molecule has 2 unspecified atom stereocenters. The Labute approximate surface area is 93.9 Å². The fourth-order valence-corrected chi connectivity index (χ4v) is 2.09. The molecule has 86 valence electrons. The molecule has 2 atom stereocenters. The Morgan fingerprint density at radius 3 is 2.75 bits per heavy atom. The second-order valence-corrected chi connectivity index (χ2v) is 4.17. The molecule has 3 N–H and O–H groups in total. The molecule has 0 spiro atoms. The summed E-state index contributed by atoms with van der Waals surface area (Å²) in [7, 11) is 0. The lowest BCUT2D eigenvalue weighted by Gasteiger charge is -2.28. The minimum absolute atomic E-state index is 0.155. The first-order chi connectivity index (χ1) is 7.66. The van der Waals surface area contributed by atoms with E-state index in [-0.39, 0.29) is 17.7 Å². The number of carbonyl (C=O) groups is 1. The van der Waals surface area contributed by atoms with Crippen molar-refractivity contribution >= 4 is 5.97 Å². The highest BCUT2D eigenvalue weighted by Gasteiger charge is 2.26. The Bertz CT molecular complexity index is 384. The van der Waals surface area contributed by atoms with Crippen LogP contribution in [0.3, 0.4) is 0 Å². The SMILES string of the molecule is O=C(O)C1CCC(c2cccc(O)c2)NC1. The number of hydrogen-bond acceptors (Lipinski definition) is 3. The summed E-state index contributed by atoms with van der Waals surface area (Å²) in [6, 6.07) is 7.25. The molecule has 0 saturated carbocycles. The fourth-order valence-electron chi connectivity index (χ4n) is 2.09. The van der Waals surface area contributed by atoms with Crippen molar-refractivity contribution in [1.29, 1.82) is 0 Å². The van der Waals surface area contributed by atoms with Crippen LogP contribution in [0.1, 0.15) is 24.4 Å². The number of piperidine rings is 1. The molecule has 4 heteroatoms. The average molecular weight is 221 g/mol. The van der Waals surface area contributed by atoms with Crippen LogP contribution in [0.4, 0.5) is 0 Å². The Morgan fingerprint density at radius 2 is 2.19 bits per heavy atom. The molecular weight excluding hydrogens is 206 g/mol. The molecule has 1 heterocycles. The number of carboxylic acids is 1. The lowest BCUT2D eigenvalue weighted by molar-refractivity contribution is -0.142. The van der Waals surface area contributed by atoms with Crippen LogP contribution in [0.15, 0.2) is 24.3 Å². The van der Waals surface area contributed by atoms with E-state index in [2.05, 4.69) is 5.32 Å². The number of aliphatic carboxylic acids is 1. The van der Waals surface area contributed by atoms with Gasteiger partial charge in [0, 0.05) is 12.6 Å². The molecule has 1 aromatic rings. The van der Waals surface area contributed by atoms with Gasteiger partial charge in [0.2, 0.25) is 0 Å². The summed E-state index contributed by atoms with van der Waals surface area (Å²) in [5, 5.41) is 21.4. The van der Waals surface area contributed by atoms with Crippen molar-refractivity contribution in [2.75, 3.05) is 6.54 Å². The highest BCUT2D eigenvalue weighted by atomic mass is 16.4. The molecule has 1 saturated heterocycles. The third kappa shape index (κ3) is 2.33. The van der Waals surface area contributed by atoms with E-state index in [1.807, 2.05) is 6.07 Å². The molecule has 0 aromatic heterocycles. The van der Waals surface area contributed by atoms with E-state index < -0.39 is 5.97 Å². The average Bonchev–Trinajstić information content (AvgIpc) is 2.29. The van der Waals surface area contributed by atoms with Crippen molar-refractivity contribution in [2.24, 2.45) is 5.92 Å². The predicted octanol–water partition coefficient (Wildman–Crippen LogP) is 1.52. The standard InChI is InChI=1S/C12H15NO3/c14-10-3-1-2-8(6-10)11-5-4-9(7-13-11)12(15)16/h1-3,6,9,11,13-14H,4-5,7H2,(H,15,16). The van der Waals surface area contributed by atoms with Gasteiger partial charge in [-0.05, 0) is 30.5 Å². The van der Waals surface area contributed by atoms with Crippen LogP contribution < -0.4 is 5.32 Å². The van der Waals surface area contributed by atoms with Crippen LogP contribution in [0.5, 0.6) is 5.75 Å². The molecule has 1 aliphatic rings. The van der Waals surface area contributed by atoms with Crippen LogP contribution in [0.2, 0.25) is 0 Å². The zero-order valence-electron chi connectivity index (χ0n) is 8.89. The number of benzene rings is 1. The smallest absolute Gasteiger partial charge is 0.307 e. The zero-order valence-corrected chi connectivity index (χ0v) is 8.89. The number of carboxylic acid groups (broad SMARTS) is 1. The normalized spacial score (nSPS) is 25.2. The molecule has 0 radical (unpaired) electrons. The third-order valence-electron chi connectivity index (χ3n) is 3.04. The van der Waals surface area contributed by atoms with Crippen molar-refractivity contribution in [1.82, 2.24) is 5.32 Å². The maximum Gasteiger partial charge on any atom is 0.307 e. The van der Waals surface area contributed by atoms with Crippen molar-refractivity contribution in [3.8, 4) is 5.75 Å². The monoisotopic (exact) mass is 221 g/mol. The molecule has 4 nitrogen and oxygen atoms in total. The van der Waals surface area contributed by atoms with Gasteiger partial charge in [-0.2, -0.15) is 0 Å². The summed E-state index contributed by atoms with van der Waals surface area (Å²) < 4.78 is 0. The number of hydrogen-bond donors (Lipinski definition) is 3. The quantitative estimate of drug-likeness (QED) is 0.708. The van der Waals surface area contributed by atoms with Crippen LogP contribution in [-0.2, 0) is 4.79 Å². The number of rotatable bonds is 2. The Hall–Kier alpha value is -1.55. The van der Waals surface area contributed by atoms with E-state index in [4.69, 9.17) is 5.11 Å². The van der Waals surface area contributed by atoms with Crippen molar-refractivity contribution in [2.45, 2.75) is 18.9 Å². The predicted molar refractivity (Wildman–Crippen MR) is 59.2 cm³/mol. The fraction of sp³-hybridized carbons (Fsp3) is 0.417. The van der Waals surface area contributed by atoms with Crippen molar-refractivity contribution in [3.63, 3.8) is 0 Å². The first-order valence-electron chi connectivity index (χ1n) is 5.42. The van der Waals surface area contributed by atoms with Gasteiger partial charge in [0.1, 0.15) is 5.75 Å². The van der Waals surface area contributed by atoms with Gasteiger partial charge in [0.25, 0.3) is 0 Å². The minimum Gasteiger partial charge on any atom is -0.508 e. The highest BCUT2D eigenvalue weighted by Crippen LogP contribution is 2.27. The Kier molecular flexibility index (Phi) is 3.10. The molecule has 0 amide bonds. The van der Waals surface area contributed by atoms with Crippen LogP contribution in [-0.4, -0.2) is 22.7 Å². The molecule has 0 bridgehead atoms. The first-order valence-corrected chi connectivity index (χ1v) is 5.42. The number of nitrogens with one attached hydrogen (secondary N) is 1. The second kappa shape index (κ2) is 4.53. The second-order valence-electron chi connectivity index (χ2n) is 4.17. The van der Waals surface area contributed by atoms with Gasteiger partial charge in [0.05, 0.1) is 5.92 Å². The van der Waals surface area contributed by atoms with E-state index in [1.54, 1.807) is 18.2 Å². The summed E-state index contributed by atoms with van der Waals surface area (Å²) >= 11 is 0. The van der Waals surface area contributed by atoms with Crippen molar-refractivity contribution in [3.05, 3.63) is 29.8 Å². The number of phenols is 1. The lowest BCUT2D eigenvalue weighted by atomic mass is 9.91. The minimum atomic E-state index is -0.734. The van der Waals surface area contributed by atoms with Crippen LogP contribution in [0.25, 0.3) is 0 Å². The molecule has 0 aliphatic carbocycles. The molecule has 1 fully saturated rings. The van der Waals surface area contributed by atoms with Crippen LogP contribution >= 0.6 is 0 Å². The Morgan fingerprint density at radius 1 is 1.38 bits per heavy atom. The summed E-state index contributed by atoms with van der Waals surface area (Å²) in [5.74, 6) is -0.768. The topological polar surface area (TPSA) is 69.6 Å². The van der Waals surface area contributed by atoms with E-state index in [0.717, 1.165) is 12.0 Å². The summed E-state index contributed by atoms with van der Waals surface area (Å²) in [6.45, 7) is 0.496. The molecular formula is C12H15NO3. The van der Waals surface area contributed by atoms with E-state index >= 15 is 0 Å². The third-order valence-corrected chi connectivity index (χ3v) is 3.04. The molecule has 2 rings (SSSR count). The maximum absolute atomic E-state index is 10.8. The van der Waals surface area contributed by atoms with Gasteiger partial charge in [-0.1, -0.05) is 12.1 Å². The first kappa shape index (κ1) is 11.0. The van der Waals surface area contributed by atoms with Gasteiger partial charge in [-0.25, -0.2) is 0 Å². The summed E-state index contributed by atoms with van der Waals surface area (Å²) in [5.41, 5.74) is 1.02. The van der Waals surface area contributed by atoms with Crippen molar-refractivity contribution < 1.29 is 15.0 Å². The van der Waals surface area contributed by atoms with Crippen LogP contribution in [0, 0.1) is 5.92 Å². The zero-order chi connectivity index (χ0) is 11.5. The largest absolute Gasteiger partial charge is 0.508 e. The molecule has 1 aromatic carbocycles. The summed E-state index contributed by atoms with van der Waals surface area (Å²) in [4.78, 5) is 10.8. The van der Waals surface area contributed by atoms with Gasteiger partial charge < -0.3 is 15.5 Å². The summed E-state index contributed by atoms with van der Waals surface area (Å²) in [6.07, 6.45) is 1.48. The highest BCUT2D eigenvalue weighted by molar-refractivity contribution is 5.70. The van der Waals surface area contributed by atoms with Gasteiger partial charge in [-0.15, -0.1) is 0 Å². The Balaban J connectivity index is 2.01. The van der Waals surface area contributed by atoms with Gasteiger partial charge in [0.15, 0.2) is 0 Å². The van der Waals surface area contributed by atoms with E-state index in [0.29, 0.717) is 13.0 Å². The van der Waals surface area contributed by atoms with Gasteiger partial charge >= 0.3 is 5.97 Å². The number of phenolic OH excluding ortho intramolecular Hbond substituents is 1. The molecule has 16 heavy (non-hydrogen) atoms. The van der Waals surface area contributed by atoms with Gasteiger partial charge in [-0.3, -0.25) is 4.79 Å². The maximum atomic E-state index is 10.8. The number of aromatic hydroxyl groups is 1. The molecule has 1 aliphatic heterocycles.